The average molecular weight is 882 g/mol. The van der Waals surface area contributed by atoms with E-state index in [1.54, 1.807) is 0 Å². The molecule has 2 aromatic heterocycles. The van der Waals surface area contributed by atoms with Gasteiger partial charge in [-0.2, -0.15) is 4.31 Å². The number of hydrogen-bond acceptors (Lipinski definition) is 20. The lowest BCUT2D eigenvalue weighted by molar-refractivity contribution is -0.137. The summed E-state index contributed by atoms with van der Waals surface area (Å²) in [6, 6.07) is 0. The second-order valence-corrected chi connectivity index (χ2v) is 18.0. The molecule has 8 atom stereocenters. The number of nitrogen functional groups attached to an aromatic ring is 1. The summed E-state index contributed by atoms with van der Waals surface area (Å²) in [7, 11) is -16.5. The van der Waals surface area contributed by atoms with E-state index in [4.69, 9.17) is 24.6 Å². The number of phosphoric acid groups is 3. The summed E-state index contributed by atoms with van der Waals surface area (Å²) in [5.74, 6) is -2.32. The minimum absolute atomic E-state index is 0.00702. The van der Waals surface area contributed by atoms with Crippen LogP contribution >= 0.6 is 35.2 Å². The van der Waals surface area contributed by atoms with Gasteiger partial charge < -0.3 is 56.0 Å². The molecule has 26 nitrogen and oxygen atoms in total. The number of hydrogen-bond donors (Lipinski definition) is 10. The van der Waals surface area contributed by atoms with Gasteiger partial charge in [0.25, 0.3) is 5.12 Å². The molecule has 11 N–H and O–H groups in total. The Morgan fingerprint density at radius 1 is 1.04 bits per heavy atom. The van der Waals surface area contributed by atoms with Gasteiger partial charge in [0.1, 0.15) is 36.3 Å². The Morgan fingerprint density at radius 3 is 2.34 bits per heavy atom. The molecule has 2 amide bonds. The first-order valence-electron chi connectivity index (χ1n) is 16.1. The van der Waals surface area contributed by atoms with Crippen molar-refractivity contribution in [3.8, 4) is 0 Å². The normalized spacial score (nSPS) is 22.2. The maximum absolute atomic E-state index is 12.7. The SMILES string of the molecule is CC(O)CC(=O)C(=O)SCCNC(=O)CCNC(=O)C(O)C(C)(C)COP(=O)(O)OP(=O)(O)OC[C@H]1O[C@@H](n2cnc3c(N)ncnc32)[C@H](O)[C@@H]1OP(=O)(O)O. The number of phosphoric ester groups is 3. The number of aliphatic hydroxyl groups is 3. The standard InChI is InChI=1S/C26H42N7O19P3S/c1-13(34)8-14(35)25(40)56-7-6-28-16(36)4-5-29-23(39)20(38)26(2,3)10-49-55(46,47)52-54(44,45)48-9-15-19(51-53(41,42)43)18(37)24(50-15)33-12-32-17-21(27)30-11-31-22(17)33/h11-13,15,18-20,24,34,37-38H,4-10H2,1-3H3,(H,28,36)(H,29,39)(H,44,45)(H,46,47)(H2,27,30,31)(H2,41,42,43)/t13?,15-,18-,19-,20?,24-/m1/s1. The maximum Gasteiger partial charge on any atom is 0.481 e. The molecule has 0 radical (unpaired) electrons. The Hall–Kier alpha value is -2.81. The first kappa shape index (κ1) is 47.6. The molecule has 0 saturated carbocycles. The van der Waals surface area contributed by atoms with E-state index < -0.39 is 102 Å². The summed E-state index contributed by atoms with van der Waals surface area (Å²) in [6.07, 6.45) is -8.43. The number of thioether (sulfide) groups is 1. The number of rotatable bonds is 22. The summed E-state index contributed by atoms with van der Waals surface area (Å²) in [5, 5.41) is 34.5. The van der Waals surface area contributed by atoms with E-state index in [0.29, 0.717) is 11.8 Å². The minimum atomic E-state index is -5.59. The van der Waals surface area contributed by atoms with E-state index in [1.807, 2.05) is 0 Å². The number of aliphatic hydroxyl groups excluding tert-OH is 3. The Balaban J connectivity index is 1.49. The molecular weight excluding hydrogens is 839 g/mol. The molecule has 3 rings (SSSR count). The van der Waals surface area contributed by atoms with Crippen molar-refractivity contribution in [2.24, 2.45) is 5.41 Å². The summed E-state index contributed by atoms with van der Waals surface area (Å²) in [5.41, 5.74) is 4.19. The van der Waals surface area contributed by atoms with E-state index in [2.05, 4.69) is 34.4 Å². The number of aromatic nitrogens is 4. The van der Waals surface area contributed by atoms with Crippen LogP contribution in [0.4, 0.5) is 5.82 Å². The lowest BCUT2D eigenvalue weighted by Gasteiger charge is -2.30. The van der Waals surface area contributed by atoms with Crippen LogP contribution in [-0.4, -0.2) is 140 Å². The van der Waals surface area contributed by atoms with Crippen LogP contribution < -0.4 is 16.4 Å². The minimum Gasteiger partial charge on any atom is -0.393 e. The lowest BCUT2D eigenvalue weighted by Crippen LogP contribution is -2.46. The van der Waals surface area contributed by atoms with Crippen molar-refractivity contribution >= 4 is 74.9 Å². The number of nitrogens with two attached hydrogens (primary N) is 1. The molecule has 1 fully saturated rings. The van der Waals surface area contributed by atoms with Crippen LogP contribution in [0.2, 0.25) is 0 Å². The highest BCUT2D eigenvalue weighted by atomic mass is 32.2. The highest BCUT2D eigenvalue weighted by Gasteiger charge is 2.50. The van der Waals surface area contributed by atoms with Crippen molar-refractivity contribution in [2.75, 3.05) is 37.8 Å². The van der Waals surface area contributed by atoms with Crippen LogP contribution in [0.5, 0.6) is 0 Å². The van der Waals surface area contributed by atoms with E-state index in [-0.39, 0.29) is 48.7 Å². The topological polar surface area (TPSA) is 401 Å². The third kappa shape index (κ3) is 14.2. The zero-order valence-corrected chi connectivity index (χ0v) is 33.2. The number of imidazole rings is 1. The third-order valence-corrected chi connectivity index (χ3v) is 11.4. The molecule has 0 aliphatic carbocycles. The summed E-state index contributed by atoms with van der Waals surface area (Å²) in [6.45, 7) is 1.46. The predicted molar refractivity (Wildman–Crippen MR) is 188 cm³/mol. The number of amides is 2. The second-order valence-electron chi connectivity index (χ2n) is 12.7. The molecular formula is C26H42N7O19P3S. The fourth-order valence-corrected chi connectivity index (χ4v) is 8.17. The number of ketones is 1. The fourth-order valence-electron chi connectivity index (χ4n) is 4.71. The van der Waals surface area contributed by atoms with Crippen molar-refractivity contribution in [2.45, 2.75) is 70.4 Å². The number of carbonyl (C=O) groups is 4. The zero-order chi connectivity index (χ0) is 42.2. The van der Waals surface area contributed by atoms with Gasteiger partial charge in [0.2, 0.25) is 17.6 Å². The van der Waals surface area contributed by atoms with Crippen molar-refractivity contribution in [3.05, 3.63) is 12.7 Å². The largest absolute Gasteiger partial charge is 0.481 e. The van der Waals surface area contributed by atoms with E-state index in [9.17, 15) is 62.7 Å². The van der Waals surface area contributed by atoms with Crippen LogP contribution in [0.3, 0.4) is 0 Å². The van der Waals surface area contributed by atoms with Gasteiger partial charge in [-0.15, -0.1) is 0 Å². The third-order valence-electron chi connectivity index (χ3n) is 7.44. The number of fused-ring (bicyclic) bond motifs is 1. The van der Waals surface area contributed by atoms with E-state index >= 15 is 0 Å². The number of ether oxygens (including phenoxy) is 1. The first-order chi connectivity index (χ1) is 25.8. The lowest BCUT2D eigenvalue weighted by atomic mass is 9.87. The molecule has 0 bridgehead atoms. The van der Waals surface area contributed by atoms with Crippen molar-refractivity contribution in [1.29, 1.82) is 0 Å². The molecule has 0 spiro atoms. The number of nitrogens with zero attached hydrogens (tertiary/aromatic N) is 4. The van der Waals surface area contributed by atoms with Gasteiger partial charge in [0, 0.05) is 37.1 Å². The molecule has 2 aromatic rings. The summed E-state index contributed by atoms with van der Waals surface area (Å²) in [4.78, 5) is 98.6. The fraction of sp³-hybridized carbons (Fsp3) is 0.654. The molecule has 4 unspecified atom stereocenters. The van der Waals surface area contributed by atoms with Gasteiger partial charge in [0.15, 0.2) is 17.7 Å². The number of carbonyl (C=O) groups excluding carboxylic acids is 4. The Labute approximate surface area is 321 Å². The van der Waals surface area contributed by atoms with Crippen molar-refractivity contribution in [1.82, 2.24) is 30.2 Å². The van der Waals surface area contributed by atoms with Gasteiger partial charge in [-0.1, -0.05) is 25.6 Å². The Morgan fingerprint density at radius 2 is 1.70 bits per heavy atom. The molecule has 0 aromatic carbocycles. The van der Waals surface area contributed by atoms with Crippen molar-refractivity contribution in [3.63, 3.8) is 0 Å². The number of nitrogens with one attached hydrogen (secondary N) is 2. The molecule has 1 aliphatic rings. The predicted octanol–water partition coefficient (Wildman–Crippen LogP) is -2.00. The highest BCUT2D eigenvalue weighted by Crippen LogP contribution is 2.61. The summed E-state index contributed by atoms with van der Waals surface area (Å²) >= 11 is 0.660. The van der Waals surface area contributed by atoms with Crippen LogP contribution in [-0.2, 0) is 55.5 Å². The van der Waals surface area contributed by atoms with Crippen LogP contribution in [0.1, 0.15) is 39.8 Å². The molecule has 1 saturated heterocycles. The number of anilines is 1. The quantitative estimate of drug-likeness (QED) is 0.0347. The smallest absolute Gasteiger partial charge is 0.393 e. The second kappa shape index (κ2) is 19.8. The zero-order valence-electron chi connectivity index (χ0n) is 29.7. The van der Waals surface area contributed by atoms with Crippen LogP contribution in [0.15, 0.2) is 12.7 Å². The Bertz CT molecular complexity index is 1880. The van der Waals surface area contributed by atoms with Crippen molar-refractivity contribution < 1.29 is 90.4 Å². The van der Waals surface area contributed by atoms with Crippen LogP contribution in [0.25, 0.3) is 11.2 Å². The average Bonchev–Trinajstić information content (AvgIpc) is 3.64. The van der Waals surface area contributed by atoms with E-state index in [0.717, 1.165) is 17.2 Å². The number of Topliss-reactive ketones (excluding diaryl/α,β-unsaturated/α-hetero) is 1. The van der Waals surface area contributed by atoms with Gasteiger partial charge >= 0.3 is 23.5 Å². The van der Waals surface area contributed by atoms with Gasteiger partial charge in [-0.25, -0.2) is 28.6 Å². The molecule has 316 valence electrons. The van der Waals surface area contributed by atoms with Gasteiger partial charge in [-0.05, 0) is 6.92 Å². The van der Waals surface area contributed by atoms with Crippen LogP contribution in [0, 0.1) is 5.41 Å². The maximum atomic E-state index is 12.7. The molecule has 3 heterocycles. The first-order valence-corrected chi connectivity index (χ1v) is 21.6. The van der Waals surface area contributed by atoms with Gasteiger partial charge in [-0.3, -0.25) is 37.3 Å². The molecule has 30 heteroatoms. The summed E-state index contributed by atoms with van der Waals surface area (Å²) < 4.78 is 61.9. The molecule has 1 aliphatic heterocycles. The monoisotopic (exact) mass is 881 g/mol. The van der Waals surface area contributed by atoms with E-state index in [1.165, 1.54) is 20.8 Å². The highest BCUT2D eigenvalue weighted by molar-refractivity contribution is 8.15. The Kier molecular flexibility index (Phi) is 16.8. The van der Waals surface area contributed by atoms with Gasteiger partial charge in [0.05, 0.1) is 25.6 Å². The molecule has 56 heavy (non-hydrogen) atoms.